The molecule has 0 bridgehead atoms. The van der Waals surface area contributed by atoms with Gasteiger partial charge in [0.25, 0.3) is 0 Å². The third kappa shape index (κ3) is 3.83. The van der Waals surface area contributed by atoms with Crippen LogP contribution in [-0.2, 0) is 4.74 Å². The van der Waals surface area contributed by atoms with E-state index < -0.39 is 0 Å². The Bertz CT molecular complexity index is 268. The Morgan fingerprint density at radius 3 is 2.53 bits per heavy atom. The lowest BCUT2D eigenvalue weighted by molar-refractivity contribution is 0.134. The van der Waals surface area contributed by atoms with Crippen LogP contribution in [0.5, 0.6) is 6.01 Å². The molecule has 84 valence electrons. The monoisotopic (exact) mass is 210 g/mol. The number of aromatic nitrogens is 2. The standard InChI is InChI=1S/C9H12N2O2.C2H6/c1-7-4-10-9(11-5-7)13-8-2-3-12-6-8;1-2/h4-5,8H,2-3,6H2,1H3;1-2H3. The van der Waals surface area contributed by atoms with Crippen LogP contribution in [0.25, 0.3) is 0 Å². The van der Waals surface area contributed by atoms with Crippen LogP contribution in [-0.4, -0.2) is 29.3 Å². The van der Waals surface area contributed by atoms with Crippen molar-refractivity contribution in [2.75, 3.05) is 13.2 Å². The zero-order chi connectivity index (χ0) is 11.1. The minimum atomic E-state index is 0.128. The summed E-state index contributed by atoms with van der Waals surface area (Å²) < 4.78 is 10.7. The van der Waals surface area contributed by atoms with Gasteiger partial charge in [-0.25, -0.2) is 9.97 Å². The molecule has 4 heteroatoms. The molecule has 2 heterocycles. The second-order valence-electron chi connectivity index (χ2n) is 3.15. The lowest BCUT2D eigenvalue weighted by Crippen LogP contribution is -2.17. The van der Waals surface area contributed by atoms with Gasteiger partial charge in [0.1, 0.15) is 6.10 Å². The third-order valence-corrected chi connectivity index (χ3v) is 1.92. The Labute approximate surface area is 90.7 Å². The topological polar surface area (TPSA) is 44.2 Å². The van der Waals surface area contributed by atoms with E-state index in [-0.39, 0.29) is 6.10 Å². The quantitative estimate of drug-likeness (QED) is 0.748. The Kier molecular flexibility index (Phi) is 5.04. The molecule has 1 aromatic heterocycles. The third-order valence-electron chi connectivity index (χ3n) is 1.92. The summed E-state index contributed by atoms with van der Waals surface area (Å²) >= 11 is 0. The Hall–Kier alpha value is -1.16. The van der Waals surface area contributed by atoms with E-state index in [1.807, 2.05) is 20.8 Å². The fourth-order valence-electron chi connectivity index (χ4n) is 1.20. The van der Waals surface area contributed by atoms with Crippen molar-refractivity contribution in [3.8, 4) is 6.01 Å². The van der Waals surface area contributed by atoms with Crippen LogP contribution < -0.4 is 4.74 Å². The minimum Gasteiger partial charge on any atom is -0.458 e. The van der Waals surface area contributed by atoms with Gasteiger partial charge in [-0.2, -0.15) is 0 Å². The minimum absolute atomic E-state index is 0.128. The lowest BCUT2D eigenvalue weighted by atomic mass is 10.3. The smallest absolute Gasteiger partial charge is 0.316 e. The summed E-state index contributed by atoms with van der Waals surface area (Å²) in [6.45, 7) is 7.37. The van der Waals surface area contributed by atoms with Gasteiger partial charge in [0, 0.05) is 18.8 Å². The van der Waals surface area contributed by atoms with E-state index in [9.17, 15) is 0 Å². The maximum atomic E-state index is 5.48. The summed E-state index contributed by atoms with van der Waals surface area (Å²) in [6, 6.07) is 0.445. The molecule has 0 spiro atoms. The maximum Gasteiger partial charge on any atom is 0.316 e. The van der Waals surface area contributed by atoms with Crippen LogP contribution in [0.15, 0.2) is 12.4 Å². The molecule has 0 saturated carbocycles. The summed E-state index contributed by atoms with van der Waals surface area (Å²) in [7, 11) is 0. The average molecular weight is 210 g/mol. The highest BCUT2D eigenvalue weighted by atomic mass is 16.6. The van der Waals surface area contributed by atoms with Crippen molar-refractivity contribution in [3.63, 3.8) is 0 Å². The number of hydrogen-bond donors (Lipinski definition) is 0. The van der Waals surface area contributed by atoms with Crippen molar-refractivity contribution in [2.24, 2.45) is 0 Å². The number of nitrogens with zero attached hydrogens (tertiary/aromatic N) is 2. The van der Waals surface area contributed by atoms with Gasteiger partial charge in [0.2, 0.25) is 0 Å². The molecule has 1 aromatic rings. The largest absolute Gasteiger partial charge is 0.458 e. The molecule has 0 radical (unpaired) electrons. The number of rotatable bonds is 2. The van der Waals surface area contributed by atoms with Gasteiger partial charge in [-0.3, -0.25) is 0 Å². The molecule has 0 N–H and O–H groups in total. The van der Waals surface area contributed by atoms with E-state index in [1.54, 1.807) is 12.4 Å². The normalized spacial score (nSPS) is 19.3. The Balaban J connectivity index is 0.000000531. The highest BCUT2D eigenvalue weighted by molar-refractivity contribution is 5.04. The van der Waals surface area contributed by atoms with Crippen molar-refractivity contribution in [1.29, 1.82) is 0 Å². The van der Waals surface area contributed by atoms with E-state index in [1.165, 1.54) is 0 Å². The zero-order valence-corrected chi connectivity index (χ0v) is 9.56. The van der Waals surface area contributed by atoms with E-state index in [2.05, 4.69) is 9.97 Å². The number of hydrogen-bond acceptors (Lipinski definition) is 4. The molecule has 4 nitrogen and oxygen atoms in total. The predicted molar refractivity (Wildman–Crippen MR) is 58.0 cm³/mol. The summed E-state index contributed by atoms with van der Waals surface area (Å²) in [5.41, 5.74) is 1.04. The van der Waals surface area contributed by atoms with Crippen LogP contribution in [0.4, 0.5) is 0 Å². The van der Waals surface area contributed by atoms with E-state index in [0.717, 1.165) is 18.6 Å². The van der Waals surface area contributed by atoms with Crippen LogP contribution in [0, 0.1) is 6.92 Å². The van der Waals surface area contributed by atoms with Gasteiger partial charge in [0.05, 0.1) is 13.2 Å². The molecule has 1 unspecified atom stereocenters. The van der Waals surface area contributed by atoms with Crippen LogP contribution in [0.3, 0.4) is 0 Å². The fourth-order valence-corrected chi connectivity index (χ4v) is 1.20. The SMILES string of the molecule is CC.Cc1cnc(OC2CCOC2)nc1. The van der Waals surface area contributed by atoms with Crippen molar-refractivity contribution < 1.29 is 9.47 Å². The molecule has 2 rings (SSSR count). The number of ether oxygens (including phenoxy) is 2. The fraction of sp³-hybridized carbons (Fsp3) is 0.636. The first-order chi connectivity index (χ1) is 7.34. The van der Waals surface area contributed by atoms with Crippen molar-refractivity contribution >= 4 is 0 Å². The molecule has 0 aromatic carbocycles. The second kappa shape index (κ2) is 6.35. The number of aryl methyl sites for hydroxylation is 1. The van der Waals surface area contributed by atoms with Gasteiger partial charge >= 0.3 is 6.01 Å². The molecular formula is C11H18N2O2. The molecule has 1 atom stereocenters. The molecule has 0 amide bonds. The zero-order valence-electron chi connectivity index (χ0n) is 9.56. The summed E-state index contributed by atoms with van der Waals surface area (Å²) in [6.07, 6.45) is 4.55. The predicted octanol–water partition coefficient (Wildman–Crippen LogP) is 1.98. The van der Waals surface area contributed by atoms with Gasteiger partial charge < -0.3 is 9.47 Å². The molecule has 1 fully saturated rings. The van der Waals surface area contributed by atoms with E-state index in [0.29, 0.717) is 12.6 Å². The Morgan fingerprint density at radius 2 is 2.00 bits per heavy atom. The van der Waals surface area contributed by atoms with Crippen LogP contribution in [0.1, 0.15) is 25.8 Å². The summed E-state index contributed by atoms with van der Waals surface area (Å²) in [4.78, 5) is 8.11. The summed E-state index contributed by atoms with van der Waals surface area (Å²) in [5, 5.41) is 0. The van der Waals surface area contributed by atoms with Crippen LogP contribution in [0.2, 0.25) is 0 Å². The Morgan fingerprint density at radius 1 is 1.33 bits per heavy atom. The van der Waals surface area contributed by atoms with Crippen molar-refractivity contribution in [1.82, 2.24) is 9.97 Å². The van der Waals surface area contributed by atoms with Crippen molar-refractivity contribution in [2.45, 2.75) is 33.3 Å². The van der Waals surface area contributed by atoms with Gasteiger partial charge in [-0.05, 0) is 12.5 Å². The van der Waals surface area contributed by atoms with Gasteiger partial charge in [-0.15, -0.1) is 0 Å². The molecule has 1 aliphatic rings. The van der Waals surface area contributed by atoms with Gasteiger partial charge in [-0.1, -0.05) is 13.8 Å². The molecule has 0 aliphatic carbocycles. The average Bonchev–Trinajstić information content (AvgIpc) is 2.77. The molecule has 1 saturated heterocycles. The van der Waals surface area contributed by atoms with E-state index in [4.69, 9.17) is 9.47 Å². The molecule has 15 heavy (non-hydrogen) atoms. The summed E-state index contributed by atoms with van der Waals surface area (Å²) in [5.74, 6) is 0. The highest BCUT2D eigenvalue weighted by Crippen LogP contribution is 2.11. The van der Waals surface area contributed by atoms with Crippen LogP contribution >= 0.6 is 0 Å². The second-order valence-corrected chi connectivity index (χ2v) is 3.15. The van der Waals surface area contributed by atoms with E-state index >= 15 is 0 Å². The molecule has 1 aliphatic heterocycles. The molecular weight excluding hydrogens is 192 g/mol. The first-order valence-corrected chi connectivity index (χ1v) is 5.37. The van der Waals surface area contributed by atoms with Gasteiger partial charge in [0.15, 0.2) is 0 Å². The lowest BCUT2D eigenvalue weighted by Gasteiger charge is -2.08. The maximum absolute atomic E-state index is 5.48. The van der Waals surface area contributed by atoms with Crippen molar-refractivity contribution in [3.05, 3.63) is 18.0 Å². The first-order valence-electron chi connectivity index (χ1n) is 5.37. The first kappa shape index (κ1) is 11.9. The highest BCUT2D eigenvalue weighted by Gasteiger charge is 2.17.